The van der Waals surface area contributed by atoms with Gasteiger partial charge in [-0.3, -0.25) is 9.59 Å². The standard InChI is InChI=1S/C14H14Cl2N4O3S/c15-10-2-1-9(12(16)3-10)7-24-8-13(21)17-4-11-5-20(19-18-11)6-14(22)23/h1-3,5H,4,6-8H2,(H,17,21)(H,22,23). The van der Waals surface area contributed by atoms with E-state index in [2.05, 4.69) is 15.6 Å². The van der Waals surface area contributed by atoms with Crippen LogP contribution in [0.4, 0.5) is 0 Å². The summed E-state index contributed by atoms with van der Waals surface area (Å²) in [6, 6.07) is 5.25. The molecule has 0 radical (unpaired) electrons. The van der Waals surface area contributed by atoms with E-state index in [4.69, 9.17) is 28.3 Å². The van der Waals surface area contributed by atoms with Crippen molar-refractivity contribution in [1.29, 1.82) is 0 Å². The summed E-state index contributed by atoms with van der Waals surface area (Å²) in [7, 11) is 0. The van der Waals surface area contributed by atoms with Crippen molar-refractivity contribution in [3.63, 3.8) is 0 Å². The molecule has 1 heterocycles. The molecule has 7 nitrogen and oxygen atoms in total. The van der Waals surface area contributed by atoms with Gasteiger partial charge in [0.15, 0.2) is 0 Å². The Bertz CT molecular complexity index is 739. The highest BCUT2D eigenvalue weighted by atomic mass is 35.5. The number of hydrogen-bond donors (Lipinski definition) is 2. The molecule has 24 heavy (non-hydrogen) atoms. The summed E-state index contributed by atoms with van der Waals surface area (Å²) >= 11 is 13.3. The Balaban J connectivity index is 1.71. The van der Waals surface area contributed by atoms with Crippen LogP contribution in [-0.4, -0.2) is 37.7 Å². The first-order chi connectivity index (χ1) is 11.4. The van der Waals surface area contributed by atoms with E-state index in [1.54, 1.807) is 12.1 Å². The number of aromatic nitrogens is 3. The zero-order valence-corrected chi connectivity index (χ0v) is 14.7. The molecule has 0 spiro atoms. The molecule has 2 aromatic rings. The van der Waals surface area contributed by atoms with Crippen molar-refractivity contribution in [2.75, 3.05) is 5.75 Å². The van der Waals surface area contributed by atoms with Gasteiger partial charge in [-0.25, -0.2) is 4.68 Å². The van der Waals surface area contributed by atoms with E-state index in [-0.39, 0.29) is 24.7 Å². The number of thioether (sulfide) groups is 1. The Labute approximate surface area is 152 Å². The monoisotopic (exact) mass is 388 g/mol. The number of carbonyl (C=O) groups is 2. The van der Waals surface area contributed by atoms with E-state index >= 15 is 0 Å². The molecule has 0 bridgehead atoms. The Morgan fingerprint density at radius 3 is 2.83 bits per heavy atom. The largest absolute Gasteiger partial charge is 0.480 e. The molecule has 0 aliphatic heterocycles. The smallest absolute Gasteiger partial charge is 0.325 e. The molecule has 0 atom stereocenters. The third-order valence-corrected chi connectivity index (χ3v) is 4.42. The lowest BCUT2D eigenvalue weighted by Gasteiger charge is -2.05. The summed E-state index contributed by atoms with van der Waals surface area (Å²) < 4.78 is 1.20. The molecular formula is C14H14Cl2N4O3S. The second-order valence-electron chi connectivity index (χ2n) is 4.81. The number of carboxylic acid groups (broad SMARTS) is 1. The SMILES string of the molecule is O=C(O)Cn1cc(CNC(=O)CSCc2ccc(Cl)cc2Cl)nn1. The van der Waals surface area contributed by atoms with Crippen LogP contribution < -0.4 is 5.32 Å². The van der Waals surface area contributed by atoms with E-state index < -0.39 is 5.97 Å². The Hall–Kier alpha value is -1.77. The van der Waals surface area contributed by atoms with Crippen molar-refractivity contribution in [1.82, 2.24) is 20.3 Å². The van der Waals surface area contributed by atoms with Crippen LogP contribution in [0.5, 0.6) is 0 Å². The number of halogens is 2. The van der Waals surface area contributed by atoms with Crippen LogP contribution in [-0.2, 0) is 28.4 Å². The quantitative estimate of drug-likeness (QED) is 0.719. The maximum atomic E-state index is 11.8. The molecule has 0 aliphatic carbocycles. The van der Waals surface area contributed by atoms with Gasteiger partial charge in [0.2, 0.25) is 5.91 Å². The fourth-order valence-electron chi connectivity index (χ4n) is 1.77. The van der Waals surface area contributed by atoms with Crippen molar-refractivity contribution in [2.45, 2.75) is 18.8 Å². The van der Waals surface area contributed by atoms with Crippen LogP contribution in [0.2, 0.25) is 10.0 Å². The van der Waals surface area contributed by atoms with Gasteiger partial charge in [-0.15, -0.1) is 16.9 Å². The molecule has 0 unspecified atom stereocenters. The Kier molecular flexibility index (Phi) is 6.89. The lowest BCUT2D eigenvalue weighted by molar-refractivity contribution is -0.137. The van der Waals surface area contributed by atoms with Crippen LogP contribution >= 0.6 is 35.0 Å². The summed E-state index contributed by atoms with van der Waals surface area (Å²) in [5, 5.41) is 19.9. The number of carbonyl (C=O) groups excluding carboxylic acids is 1. The second kappa shape index (κ2) is 8.91. The number of amides is 1. The van der Waals surface area contributed by atoms with E-state index in [1.165, 1.54) is 22.6 Å². The highest BCUT2D eigenvalue weighted by Gasteiger charge is 2.08. The van der Waals surface area contributed by atoms with Gasteiger partial charge in [-0.05, 0) is 17.7 Å². The number of nitrogens with zero attached hydrogens (tertiary/aromatic N) is 3. The van der Waals surface area contributed by atoms with Crippen LogP contribution in [0, 0.1) is 0 Å². The predicted molar refractivity (Wildman–Crippen MR) is 92.1 cm³/mol. The molecule has 2 rings (SSSR count). The third kappa shape index (κ3) is 6.03. The van der Waals surface area contributed by atoms with Crippen LogP contribution in [0.3, 0.4) is 0 Å². The molecule has 0 saturated carbocycles. The fourth-order valence-corrected chi connectivity index (χ4v) is 3.18. The zero-order chi connectivity index (χ0) is 17.5. The number of nitrogens with one attached hydrogen (secondary N) is 1. The minimum Gasteiger partial charge on any atom is -0.480 e. The molecule has 1 aromatic carbocycles. The Morgan fingerprint density at radius 1 is 1.33 bits per heavy atom. The van der Waals surface area contributed by atoms with Gasteiger partial charge in [-0.2, -0.15) is 0 Å². The molecule has 128 valence electrons. The first-order valence-electron chi connectivity index (χ1n) is 6.83. The van der Waals surface area contributed by atoms with Gasteiger partial charge in [0.25, 0.3) is 0 Å². The molecule has 1 aromatic heterocycles. The van der Waals surface area contributed by atoms with Crippen LogP contribution in [0.15, 0.2) is 24.4 Å². The fraction of sp³-hybridized carbons (Fsp3) is 0.286. The molecule has 2 N–H and O–H groups in total. The molecule has 0 fully saturated rings. The zero-order valence-electron chi connectivity index (χ0n) is 12.4. The highest BCUT2D eigenvalue weighted by molar-refractivity contribution is 7.99. The first kappa shape index (κ1) is 18.6. The van der Waals surface area contributed by atoms with E-state index in [0.717, 1.165) is 5.56 Å². The van der Waals surface area contributed by atoms with Gasteiger partial charge in [0.1, 0.15) is 12.2 Å². The van der Waals surface area contributed by atoms with Gasteiger partial charge in [-0.1, -0.05) is 34.5 Å². The predicted octanol–water partition coefficient (Wildman–Crippen LogP) is 2.22. The summed E-state index contributed by atoms with van der Waals surface area (Å²) in [5.74, 6) is -0.300. The number of aliphatic carboxylic acids is 1. The van der Waals surface area contributed by atoms with Gasteiger partial charge >= 0.3 is 5.97 Å². The molecule has 0 saturated heterocycles. The summed E-state index contributed by atoms with van der Waals surface area (Å²) in [4.78, 5) is 22.3. The maximum absolute atomic E-state index is 11.8. The average Bonchev–Trinajstić information content (AvgIpc) is 2.94. The van der Waals surface area contributed by atoms with Crippen molar-refractivity contribution >= 4 is 46.8 Å². The molecule has 10 heteroatoms. The minimum atomic E-state index is -1.01. The second-order valence-corrected chi connectivity index (χ2v) is 6.64. The van der Waals surface area contributed by atoms with Crippen LogP contribution in [0.1, 0.15) is 11.3 Å². The number of rotatable bonds is 8. The van der Waals surface area contributed by atoms with E-state index in [9.17, 15) is 9.59 Å². The Morgan fingerprint density at radius 2 is 2.12 bits per heavy atom. The number of benzene rings is 1. The molecule has 0 aliphatic rings. The highest BCUT2D eigenvalue weighted by Crippen LogP contribution is 2.24. The lowest BCUT2D eigenvalue weighted by atomic mass is 10.2. The lowest BCUT2D eigenvalue weighted by Crippen LogP contribution is -2.24. The number of carboxylic acids is 1. The third-order valence-electron chi connectivity index (χ3n) is 2.86. The number of hydrogen-bond acceptors (Lipinski definition) is 5. The summed E-state index contributed by atoms with van der Waals surface area (Å²) in [6.45, 7) is -0.0701. The van der Waals surface area contributed by atoms with Crippen LogP contribution in [0.25, 0.3) is 0 Å². The molecular weight excluding hydrogens is 375 g/mol. The topological polar surface area (TPSA) is 97.1 Å². The van der Waals surface area contributed by atoms with Crippen molar-refractivity contribution in [2.24, 2.45) is 0 Å². The average molecular weight is 389 g/mol. The van der Waals surface area contributed by atoms with Gasteiger partial charge < -0.3 is 10.4 Å². The first-order valence-corrected chi connectivity index (χ1v) is 8.74. The minimum absolute atomic E-state index is 0.155. The van der Waals surface area contributed by atoms with E-state index in [0.29, 0.717) is 21.5 Å². The van der Waals surface area contributed by atoms with Crippen molar-refractivity contribution in [3.8, 4) is 0 Å². The summed E-state index contributed by atoms with van der Waals surface area (Å²) in [6.07, 6.45) is 1.48. The van der Waals surface area contributed by atoms with Gasteiger partial charge in [0, 0.05) is 15.8 Å². The normalized spacial score (nSPS) is 10.6. The van der Waals surface area contributed by atoms with Crippen molar-refractivity contribution in [3.05, 3.63) is 45.7 Å². The maximum Gasteiger partial charge on any atom is 0.325 e. The van der Waals surface area contributed by atoms with Gasteiger partial charge in [0.05, 0.1) is 18.5 Å². The summed E-state index contributed by atoms with van der Waals surface area (Å²) in [5.41, 5.74) is 1.41. The molecule has 1 amide bonds. The van der Waals surface area contributed by atoms with Crippen molar-refractivity contribution < 1.29 is 14.7 Å². The van der Waals surface area contributed by atoms with E-state index in [1.807, 2.05) is 6.07 Å².